The van der Waals surface area contributed by atoms with Gasteiger partial charge >= 0.3 is 0 Å². The van der Waals surface area contributed by atoms with E-state index >= 15 is 0 Å². The molecule has 0 fully saturated rings. The Hall–Kier alpha value is -1.40. The van der Waals surface area contributed by atoms with Gasteiger partial charge in [-0.15, -0.1) is 0 Å². The standard InChI is InChI=1S/C10H11N3/c1-7-8(4-11)5-13-10-2-3-12-6-9(7)10/h5,12H,2-3,6H2,1H3. The quantitative estimate of drug-likeness (QED) is 0.634. The topological polar surface area (TPSA) is 48.7 Å². The molecule has 0 aliphatic carbocycles. The van der Waals surface area contributed by atoms with E-state index in [1.54, 1.807) is 6.20 Å². The fraction of sp³-hybridized carbons (Fsp3) is 0.400. The summed E-state index contributed by atoms with van der Waals surface area (Å²) in [6, 6.07) is 2.16. The van der Waals surface area contributed by atoms with E-state index < -0.39 is 0 Å². The van der Waals surface area contributed by atoms with Gasteiger partial charge in [-0.25, -0.2) is 0 Å². The van der Waals surface area contributed by atoms with Crippen LogP contribution in [0.4, 0.5) is 0 Å². The Kier molecular flexibility index (Phi) is 1.99. The Morgan fingerprint density at radius 3 is 3.23 bits per heavy atom. The van der Waals surface area contributed by atoms with Gasteiger partial charge in [0.25, 0.3) is 0 Å². The number of aromatic nitrogens is 1. The van der Waals surface area contributed by atoms with Gasteiger partial charge in [0.15, 0.2) is 0 Å². The summed E-state index contributed by atoms with van der Waals surface area (Å²) in [5, 5.41) is 12.1. The molecule has 2 rings (SSSR count). The molecule has 0 unspecified atom stereocenters. The molecule has 1 aromatic rings. The van der Waals surface area contributed by atoms with Crippen LogP contribution in [0.15, 0.2) is 6.20 Å². The maximum Gasteiger partial charge on any atom is 0.101 e. The van der Waals surface area contributed by atoms with Crippen LogP contribution in [0.2, 0.25) is 0 Å². The number of fused-ring (bicyclic) bond motifs is 1. The Balaban J connectivity index is 2.56. The number of nitriles is 1. The van der Waals surface area contributed by atoms with Crippen molar-refractivity contribution in [2.24, 2.45) is 0 Å². The summed E-state index contributed by atoms with van der Waals surface area (Å²) >= 11 is 0. The molecule has 0 saturated carbocycles. The van der Waals surface area contributed by atoms with Crippen molar-refractivity contribution in [1.29, 1.82) is 5.26 Å². The first-order chi connectivity index (χ1) is 6.33. The highest BCUT2D eigenvalue weighted by atomic mass is 14.9. The summed E-state index contributed by atoms with van der Waals surface area (Å²) in [6.07, 6.45) is 2.65. The molecule has 0 amide bonds. The molecule has 1 aliphatic heterocycles. The SMILES string of the molecule is Cc1c(C#N)cnc2c1CNCC2. The van der Waals surface area contributed by atoms with E-state index in [1.807, 2.05) is 6.92 Å². The smallest absolute Gasteiger partial charge is 0.101 e. The lowest BCUT2D eigenvalue weighted by Gasteiger charge is -2.18. The molecule has 0 bridgehead atoms. The van der Waals surface area contributed by atoms with Crippen molar-refractivity contribution in [2.75, 3.05) is 6.54 Å². The lowest BCUT2D eigenvalue weighted by Crippen LogP contribution is -2.25. The van der Waals surface area contributed by atoms with E-state index in [-0.39, 0.29) is 0 Å². The average Bonchev–Trinajstić information content (AvgIpc) is 2.19. The molecule has 0 aromatic carbocycles. The van der Waals surface area contributed by atoms with Crippen molar-refractivity contribution in [3.8, 4) is 6.07 Å². The van der Waals surface area contributed by atoms with Gasteiger partial charge in [0.1, 0.15) is 6.07 Å². The zero-order valence-electron chi connectivity index (χ0n) is 7.59. The Labute approximate surface area is 77.4 Å². The molecule has 0 atom stereocenters. The molecule has 0 radical (unpaired) electrons. The molecular weight excluding hydrogens is 162 g/mol. The molecule has 1 aromatic heterocycles. The van der Waals surface area contributed by atoms with E-state index in [0.717, 1.165) is 30.8 Å². The molecule has 1 aliphatic rings. The van der Waals surface area contributed by atoms with Crippen LogP contribution in [0.25, 0.3) is 0 Å². The third kappa shape index (κ3) is 1.30. The number of nitrogens with one attached hydrogen (secondary N) is 1. The maximum absolute atomic E-state index is 8.81. The van der Waals surface area contributed by atoms with E-state index in [1.165, 1.54) is 5.56 Å². The van der Waals surface area contributed by atoms with Gasteiger partial charge < -0.3 is 5.32 Å². The minimum Gasteiger partial charge on any atom is -0.312 e. The minimum absolute atomic E-state index is 0.697. The molecule has 3 nitrogen and oxygen atoms in total. The van der Waals surface area contributed by atoms with Gasteiger partial charge in [0.05, 0.1) is 5.56 Å². The second-order valence-electron chi connectivity index (χ2n) is 3.26. The largest absolute Gasteiger partial charge is 0.312 e. The van der Waals surface area contributed by atoms with Gasteiger partial charge in [-0.2, -0.15) is 5.26 Å². The number of hydrogen-bond donors (Lipinski definition) is 1. The Morgan fingerprint density at radius 1 is 1.62 bits per heavy atom. The maximum atomic E-state index is 8.81. The van der Waals surface area contributed by atoms with Crippen molar-refractivity contribution in [1.82, 2.24) is 10.3 Å². The molecule has 1 N–H and O–H groups in total. The first-order valence-corrected chi connectivity index (χ1v) is 4.41. The molecule has 0 spiro atoms. The molecule has 66 valence electrons. The van der Waals surface area contributed by atoms with Gasteiger partial charge in [-0.05, 0) is 18.1 Å². The normalized spacial score (nSPS) is 14.8. The average molecular weight is 173 g/mol. The van der Waals surface area contributed by atoms with Gasteiger partial charge in [-0.1, -0.05) is 0 Å². The predicted molar refractivity (Wildman–Crippen MR) is 49.1 cm³/mol. The van der Waals surface area contributed by atoms with Crippen LogP contribution >= 0.6 is 0 Å². The van der Waals surface area contributed by atoms with Crippen LogP contribution in [0.1, 0.15) is 22.4 Å². The third-order valence-corrected chi connectivity index (χ3v) is 2.52. The highest BCUT2D eigenvalue weighted by Crippen LogP contribution is 2.18. The molecular formula is C10H11N3. The summed E-state index contributed by atoms with van der Waals surface area (Å²) in [5.41, 5.74) is 4.14. The van der Waals surface area contributed by atoms with Crippen molar-refractivity contribution < 1.29 is 0 Å². The second-order valence-corrected chi connectivity index (χ2v) is 3.26. The highest BCUT2D eigenvalue weighted by Gasteiger charge is 2.14. The first-order valence-electron chi connectivity index (χ1n) is 4.41. The lowest BCUT2D eigenvalue weighted by molar-refractivity contribution is 0.626. The summed E-state index contributed by atoms with van der Waals surface area (Å²) in [5.74, 6) is 0. The van der Waals surface area contributed by atoms with Crippen LogP contribution < -0.4 is 5.32 Å². The molecule has 2 heterocycles. The predicted octanol–water partition coefficient (Wildman–Crippen LogP) is 0.907. The number of hydrogen-bond acceptors (Lipinski definition) is 3. The fourth-order valence-corrected chi connectivity index (χ4v) is 1.68. The van der Waals surface area contributed by atoms with Gasteiger partial charge in [0, 0.05) is 31.4 Å². The van der Waals surface area contributed by atoms with Crippen LogP contribution in [0.3, 0.4) is 0 Å². The van der Waals surface area contributed by atoms with Crippen molar-refractivity contribution in [3.05, 3.63) is 28.6 Å². The monoisotopic (exact) mass is 173 g/mol. The Bertz CT molecular complexity index is 376. The van der Waals surface area contributed by atoms with Crippen molar-refractivity contribution >= 4 is 0 Å². The molecule has 3 heteroatoms. The molecule has 13 heavy (non-hydrogen) atoms. The first kappa shape index (κ1) is 8.21. The Morgan fingerprint density at radius 2 is 2.46 bits per heavy atom. The van der Waals surface area contributed by atoms with E-state index in [9.17, 15) is 0 Å². The van der Waals surface area contributed by atoms with Gasteiger partial charge in [0.2, 0.25) is 0 Å². The van der Waals surface area contributed by atoms with E-state index in [0.29, 0.717) is 5.56 Å². The zero-order chi connectivity index (χ0) is 9.26. The van der Waals surface area contributed by atoms with Crippen molar-refractivity contribution in [2.45, 2.75) is 19.9 Å². The van der Waals surface area contributed by atoms with Crippen LogP contribution in [0, 0.1) is 18.3 Å². The second kappa shape index (κ2) is 3.15. The van der Waals surface area contributed by atoms with Gasteiger partial charge in [-0.3, -0.25) is 4.98 Å². The zero-order valence-corrected chi connectivity index (χ0v) is 7.59. The minimum atomic E-state index is 0.697. The summed E-state index contributed by atoms with van der Waals surface area (Å²) < 4.78 is 0. The van der Waals surface area contributed by atoms with Crippen molar-refractivity contribution in [3.63, 3.8) is 0 Å². The number of nitrogens with zero attached hydrogens (tertiary/aromatic N) is 2. The van der Waals surface area contributed by atoms with E-state index in [2.05, 4.69) is 16.4 Å². The van der Waals surface area contributed by atoms with Crippen LogP contribution in [-0.2, 0) is 13.0 Å². The highest BCUT2D eigenvalue weighted by molar-refractivity contribution is 5.42. The van der Waals surface area contributed by atoms with E-state index in [4.69, 9.17) is 5.26 Å². The number of rotatable bonds is 0. The summed E-state index contributed by atoms with van der Waals surface area (Å²) in [7, 11) is 0. The summed E-state index contributed by atoms with van der Waals surface area (Å²) in [4.78, 5) is 4.29. The molecule has 0 saturated heterocycles. The third-order valence-electron chi connectivity index (χ3n) is 2.52. The fourth-order valence-electron chi connectivity index (χ4n) is 1.68. The van der Waals surface area contributed by atoms with Crippen LogP contribution in [0.5, 0.6) is 0 Å². The summed E-state index contributed by atoms with van der Waals surface area (Å²) in [6.45, 7) is 3.83. The lowest BCUT2D eigenvalue weighted by atomic mass is 9.99. The van der Waals surface area contributed by atoms with Crippen LogP contribution in [-0.4, -0.2) is 11.5 Å². The number of pyridine rings is 1.